The lowest BCUT2D eigenvalue weighted by molar-refractivity contribution is 0.0600. The van der Waals surface area contributed by atoms with Crippen LogP contribution in [-0.2, 0) is 4.74 Å². The quantitative estimate of drug-likeness (QED) is 0.226. The molecule has 0 aliphatic rings. The number of methoxy groups -OCH3 is 1. The van der Waals surface area contributed by atoms with Crippen LogP contribution < -0.4 is 4.74 Å². The largest absolute Gasteiger partial charge is 0.493 e. The van der Waals surface area contributed by atoms with Crippen LogP contribution in [0.4, 0.5) is 0 Å². The molecule has 1 aromatic carbocycles. The first-order valence-electron chi connectivity index (χ1n) is 11.0. The molecule has 0 saturated heterocycles. The normalized spacial score (nSPS) is 12.0. The van der Waals surface area contributed by atoms with Gasteiger partial charge in [-0.25, -0.2) is 4.79 Å². The zero-order chi connectivity index (χ0) is 19.7. The van der Waals surface area contributed by atoms with Crippen molar-refractivity contribution in [2.75, 3.05) is 13.7 Å². The SMILES string of the molecule is CCCCCCCCC(CCCCCC)COc1ccc(C(=O)OC)cc1. The number of benzene rings is 1. The van der Waals surface area contributed by atoms with Crippen LogP contribution in [0, 0.1) is 5.92 Å². The standard InChI is InChI=1S/C24H40O3/c1-4-6-8-10-11-13-15-21(14-12-9-7-5-2)20-27-23-18-16-22(17-19-23)24(25)26-3/h16-19,21H,4-15,20H2,1-3H3. The van der Waals surface area contributed by atoms with E-state index in [1.807, 2.05) is 12.1 Å². The fourth-order valence-corrected chi connectivity index (χ4v) is 3.40. The molecule has 0 radical (unpaired) electrons. The van der Waals surface area contributed by atoms with Crippen molar-refractivity contribution in [2.24, 2.45) is 5.92 Å². The van der Waals surface area contributed by atoms with E-state index in [-0.39, 0.29) is 5.97 Å². The highest BCUT2D eigenvalue weighted by molar-refractivity contribution is 5.89. The summed E-state index contributed by atoms with van der Waals surface area (Å²) in [6, 6.07) is 7.27. The second-order valence-electron chi connectivity index (χ2n) is 7.60. The van der Waals surface area contributed by atoms with E-state index in [9.17, 15) is 4.79 Å². The van der Waals surface area contributed by atoms with Crippen molar-refractivity contribution in [2.45, 2.75) is 90.9 Å². The van der Waals surface area contributed by atoms with Gasteiger partial charge in [0.25, 0.3) is 0 Å². The second-order valence-corrected chi connectivity index (χ2v) is 7.60. The van der Waals surface area contributed by atoms with E-state index in [1.165, 1.54) is 84.2 Å². The van der Waals surface area contributed by atoms with E-state index in [0.717, 1.165) is 12.4 Å². The molecule has 0 spiro atoms. The fraction of sp³-hybridized carbons (Fsp3) is 0.708. The predicted octanol–water partition coefficient (Wildman–Crippen LogP) is 7.19. The van der Waals surface area contributed by atoms with Crippen molar-refractivity contribution < 1.29 is 14.3 Å². The number of carbonyl (C=O) groups is 1. The number of ether oxygens (including phenoxy) is 2. The van der Waals surface area contributed by atoms with Crippen molar-refractivity contribution in [3.8, 4) is 5.75 Å². The molecule has 1 atom stereocenters. The van der Waals surface area contributed by atoms with Gasteiger partial charge in [-0.1, -0.05) is 78.1 Å². The molecule has 0 amide bonds. The molecule has 0 aliphatic heterocycles. The molecule has 0 N–H and O–H groups in total. The van der Waals surface area contributed by atoms with Gasteiger partial charge in [-0.15, -0.1) is 0 Å². The summed E-state index contributed by atoms with van der Waals surface area (Å²) < 4.78 is 10.8. The van der Waals surface area contributed by atoms with Gasteiger partial charge in [-0.2, -0.15) is 0 Å². The Morgan fingerprint density at radius 1 is 0.815 bits per heavy atom. The van der Waals surface area contributed by atoms with Crippen molar-refractivity contribution in [3.05, 3.63) is 29.8 Å². The van der Waals surface area contributed by atoms with E-state index in [2.05, 4.69) is 13.8 Å². The lowest BCUT2D eigenvalue weighted by atomic mass is 9.95. The predicted molar refractivity (Wildman–Crippen MR) is 114 cm³/mol. The summed E-state index contributed by atoms with van der Waals surface area (Å²) in [6.07, 6.45) is 15.8. The number of hydrogen-bond acceptors (Lipinski definition) is 3. The van der Waals surface area contributed by atoms with Crippen LogP contribution in [-0.4, -0.2) is 19.7 Å². The van der Waals surface area contributed by atoms with Crippen LogP contribution in [0.25, 0.3) is 0 Å². The van der Waals surface area contributed by atoms with Gasteiger partial charge < -0.3 is 9.47 Å². The molecule has 3 nitrogen and oxygen atoms in total. The van der Waals surface area contributed by atoms with Crippen LogP contribution in [0.5, 0.6) is 5.75 Å². The molecule has 1 aromatic rings. The third kappa shape index (κ3) is 11.0. The summed E-state index contributed by atoms with van der Waals surface area (Å²) in [5.74, 6) is 1.16. The summed E-state index contributed by atoms with van der Waals surface area (Å²) in [6.45, 7) is 5.30. The molecule has 0 saturated carbocycles. The Hall–Kier alpha value is -1.51. The summed E-state index contributed by atoms with van der Waals surface area (Å²) in [5.41, 5.74) is 0.563. The molecule has 154 valence electrons. The first-order chi connectivity index (χ1) is 13.2. The second kappa shape index (κ2) is 15.5. The molecule has 0 bridgehead atoms. The average Bonchev–Trinajstić information content (AvgIpc) is 2.71. The third-order valence-corrected chi connectivity index (χ3v) is 5.19. The Bertz CT molecular complexity index is 481. The van der Waals surface area contributed by atoms with Gasteiger partial charge in [0.05, 0.1) is 19.3 Å². The van der Waals surface area contributed by atoms with Crippen molar-refractivity contribution >= 4 is 5.97 Å². The zero-order valence-corrected chi connectivity index (χ0v) is 17.8. The molecule has 27 heavy (non-hydrogen) atoms. The maximum atomic E-state index is 11.5. The Kier molecular flexibility index (Phi) is 13.5. The Labute approximate surface area is 166 Å². The highest BCUT2D eigenvalue weighted by Crippen LogP contribution is 2.21. The third-order valence-electron chi connectivity index (χ3n) is 5.19. The molecule has 0 aromatic heterocycles. The maximum Gasteiger partial charge on any atom is 0.337 e. The lowest BCUT2D eigenvalue weighted by Gasteiger charge is -2.18. The smallest absolute Gasteiger partial charge is 0.337 e. The van der Waals surface area contributed by atoms with E-state index in [0.29, 0.717) is 11.5 Å². The summed E-state index contributed by atoms with van der Waals surface area (Å²) >= 11 is 0. The summed E-state index contributed by atoms with van der Waals surface area (Å²) in [4.78, 5) is 11.5. The van der Waals surface area contributed by atoms with Gasteiger partial charge >= 0.3 is 5.97 Å². The Morgan fingerprint density at radius 3 is 1.89 bits per heavy atom. The van der Waals surface area contributed by atoms with Crippen molar-refractivity contribution in [1.29, 1.82) is 0 Å². The molecule has 0 heterocycles. The minimum atomic E-state index is -0.307. The van der Waals surface area contributed by atoms with Gasteiger partial charge in [-0.05, 0) is 43.0 Å². The van der Waals surface area contributed by atoms with Crippen LogP contribution in [0.15, 0.2) is 24.3 Å². The number of hydrogen-bond donors (Lipinski definition) is 0. The van der Waals surface area contributed by atoms with Crippen molar-refractivity contribution in [1.82, 2.24) is 0 Å². The van der Waals surface area contributed by atoms with Gasteiger partial charge in [0.2, 0.25) is 0 Å². The van der Waals surface area contributed by atoms with Crippen LogP contribution in [0.3, 0.4) is 0 Å². The molecular weight excluding hydrogens is 336 g/mol. The summed E-state index contributed by atoms with van der Waals surface area (Å²) in [7, 11) is 1.40. The average molecular weight is 377 g/mol. The van der Waals surface area contributed by atoms with Crippen molar-refractivity contribution in [3.63, 3.8) is 0 Å². The number of esters is 1. The van der Waals surface area contributed by atoms with Gasteiger partial charge in [0.1, 0.15) is 5.75 Å². The minimum Gasteiger partial charge on any atom is -0.493 e. The molecule has 1 rings (SSSR count). The van der Waals surface area contributed by atoms with Gasteiger partial charge in [0.15, 0.2) is 0 Å². The lowest BCUT2D eigenvalue weighted by Crippen LogP contribution is -2.12. The van der Waals surface area contributed by atoms with Crippen LogP contribution in [0.1, 0.15) is 101 Å². The number of rotatable bonds is 16. The Morgan fingerprint density at radius 2 is 1.33 bits per heavy atom. The number of carbonyl (C=O) groups excluding carboxylic acids is 1. The maximum absolute atomic E-state index is 11.5. The monoisotopic (exact) mass is 376 g/mol. The van der Waals surface area contributed by atoms with E-state index < -0.39 is 0 Å². The molecule has 0 aliphatic carbocycles. The topological polar surface area (TPSA) is 35.5 Å². The Balaban J connectivity index is 2.40. The fourth-order valence-electron chi connectivity index (χ4n) is 3.40. The highest BCUT2D eigenvalue weighted by Gasteiger charge is 2.11. The minimum absolute atomic E-state index is 0.307. The van der Waals surface area contributed by atoms with E-state index in [4.69, 9.17) is 9.47 Å². The van der Waals surface area contributed by atoms with Gasteiger partial charge in [0, 0.05) is 0 Å². The number of unbranched alkanes of at least 4 members (excludes halogenated alkanes) is 8. The van der Waals surface area contributed by atoms with E-state index >= 15 is 0 Å². The summed E-state index contributed by atoms with van der Waals surface area (Å²) in [5, 5.41) is 0. The highest BCUT2D eigenvalue weighted by atomic mass is 16.5. The zero-order valence-electron chi connectivity index (χ0n) is 17.8. The van der Waals surface area contributed by atoms with Gasteiger partial charge in [-0.3, -0.25) is 0 Å². The molecule has 1 unspecified atom stereocenters. The first-order valence-corrected chi connectivity index (χ1v) is 11.0. The first kappa shape index (κ1) is 23.5. The molecular formula is C24H40O3. The molecule has 3 heteroatoms. The van der Waals surface area contributed by atoms with Crippen LogP contribution >= 0.6 is 0 Å². The van der Waals surface area contributed by atoms with E-state index in [1.54, 1.807) is 12.1 Å². The van der Waals surface area contributed by atoms with Crippen LogP contribution in [0.2, 0.25) is 0 Å². The molecule has 0 fully saturated rings.